The second-order valence-electron chi connectivity index (χ2n) is 38.6. The fourth-order valence-electron chi connectivity index (χ4n) is 22.6. The molecule has 4 fully saturated rings. The molecular weight excluding hydrogens is 1790 g/mol. The molecule has 6 N–H and O–H groups in total. The first-order chi connectivity index (χ1) is 65.9. The summed E-state index contributed by atoms with van der Waals surface area (Å²) in [5.41, 5.74) is 13.7. The average molecular weight is 1910 g/mol. The van der Waals surface area contributed by atoms with Gasteiger partial charge < -0.3 is 97.8 Å². The Bertz CT molecular complexity index is 5890. The molecule has 3 aliphatic carbocycles. The third-order valence-corrected chi connectivity index (χ3v) is 30.6. The van der Waals surface area contributed by atoms with Crippen LogP contribution in [0.2, 0.25) is 0 Å². The van der Waals surface area contributed by atoms with E-state index in [1.165, 1.54) is 44.5 Å². The summed E-state index contributed by atoms with van der Waals surface area (Å²) in [7, 11) is 10.4. The average Bonchev–Trinajstić information content (AvgIpc) is 1.67. The minimum absolute atomic E-state index is 0.0171. The van der Waals surface area contributed by atoms with Gasteiger partial charge in [-0.25, -0.2) is 9.59 Å². The first-order valence-corrected chi connectivity index (χ1v) is 48.9. The Labute approximate surface area is 807 Å². The number of aliphatic hydroxyl groups is 1. The summed E-state index contributed by atoms with van der Waals surface area (Å²) in [4.78, 5) is 79.8. The molecule has 13 atom stereocenters. The number of alkyl carbamates (subject to hydrolysis) is 2. The van der Waals surface area contributed by atoms with Crippen LogP contribution in [0.1, 0.15) is 157 Å². The first-order valence-electron chi connectivity index (χ1n) is 46.6. The van der Waals surface area contributed by atoms with Gasteiger partial charge >= 0.3 is 12.2 Å². The molecular formula is C104H122N10O21S2. The lowest BCUT2D eigenvalue weighted by Gasteiger charge is -2.62. The number of nitrogens with one attached hydrogen (secondary N) is 4. The number of amides is 4. The van der Waals surface area contributed by atoms with Gasteiger partial charge in [0.25, 0.3) is 0 Å². The molecule has 3 unspecified atom stereocenters. The summed E-state index contributed by atoms with van der Waals surface area (Å²) in [6.45, 7) is 18.9. The van der Waals surface area contributed by atoms with E-state index in [4.69, 9.17) is 66.3 Å². The normalized spacial score (nSPS) is 23.4. The Balaban J connectivity index is 0.000000190. The number of fused-ring (bicyclic) bond motifs is 23. The predicted octanol–water partition coefficient (Wildman–Crippen LogP) is 12.7. The summed E-state index contributed by atoms with van der Waals surface area (Å²) in [6.07, 6.45) is -0.232. The predicted molar refractivity (Wildman–Crippen MR) is 513 cm³/mol. The second-order valence-corrected chi connectivity index (χ2v) is 40.8. The molecule has 8 aliphatic heterocycles. The molecule has 33 heteroatoms. The van der Waals surface area contributed by atoms with Crippen LogP contribution in [-0.2, 0) is 71.5 Å². The van der Waals surface area contributed by atoms with Crippen molar-refractivity contribution in [1.29, 1.82) is 10.5 Å². The van der Waals surface area contributed by atoms with E-state index in [1.807, 2.05) is 57.1 Å². The molecule has 137 heavy (non-hydrogen) atoms. The maximum Gasteiger partial charge on any atom is 0.408 e. The monoisotopic (exact) mass is 1910 g/mol. The number of thioether (sulfide) groups is 2. The molecule has 31 nitrogen and oxygen atoms in total. The molecule has 4 saturated heterocycles. The van der Waals surface area contributed by atoms with Gasteiger partial charge in [0.2, 0.25) is 25.4 Å². The van der Waals surface area contributed by atoms with Crippen LogP contribution in [-0.4, -0.2) is 263 Å². The minimum Gasteiger partial charge on any atom is -0.507 e. The van der Waals surface area contributed by atoms with Crippen molar-refractivity contribution in [1.82, 2.24) is 40.9 Å². The van der Waals surface area contributed by atoms with E-state index in [2.05, 4.69) is 133 Å². The topological polar surface area (TPSA) is 364 Å². The highest BCUT2D eigenvalue weighted by Gasteiger charge is 2.65. The van der Waals surface area contributed by atoms with E-state index < -0.39 is 101 Å². The number of nitriles is 2. The van der Waals surface area contributed by atoms with Gasteiger partial charge in [0.15, 0.2) is 71.0 Å². The number of hydrogen-bond acceptors (Lipinski definition) is 29. The number of likely N-dealkylation sites (N-methyl/N-ethyl adjacent to an activating group) is 2. The highest BCUT2D eigenvalue weighted by molar-refractivity contribution is 7.99. The first kappa shape index (κ1) is 97.3. The second kappa shape index (κ2) is 40.3. The van der Waals surface area contributed by atoms with Gasteiger partial charge in [-0.05, 0) is 169 Å². The number of aryl methyl sites for hydroxylation is 2. The van der Waals surface area contributed by atoms with Crippen LogP contribution in [0.15, 0.2) is 132 Å². The van der Waals surface area contributed by atoms with Gasteiger partial charge in [-0.3, -0.25) is 34.0 Å². The number of hydrogen-bond donors (Lipinski definition) is 6. The number of ketones is 1. The number of phenols is 1. The summed E-state index contributed by atoms with van der Waals surface area (Å²) in [5.74, 6) is 4.07. The van der Waals surface area contributed by atoms with Crippen molar-refractivity contribution >= 4 is 53.3 Å². The summed E-state index contributed by atoms with van der Waals surface area (Å²) in [5, 5.41) is 59.8. The lowest BCUT2D eigenvalue weighted by Crippen LogP contribution is -2.75. The lowest BCUT2D eigenvalue weighted by molar-refractivity contribution is -0.148. The SMILES string of the molecule is COCCOCOc1c(OC)c(C)cc2c1[C@@H]1C3CC4(O)C(=O)C(C)=C5OCOC5=C4[C@H](CNC(=O)[C@H](CSCC4c5ccccc5-c5ccccc54)NC(=O)OC(C)(C)C)N3[C@@H](C#N)[C@H](C2)N1C.COCCOCOc1c(OC)c(C)cc2c1[C@@H]1C3Cc4c(O)c(C)c5c(c4[C@H](CNC(=O)[C@H](CSCC4c6ccccc6-c6ccccc64)NC(=O)OC(C)(C)C)N3[C@@H](C#N)[C@H](C2)N1C)OCO5. The number of rotatable bonds is 30. The Kier molecular flexibility index (Phi) is 28.6. The third-order valence-electron chi connectivity index (χ3n) is 28.3. The zero-order chi connectivity index (χ0) is 97.0. The van der Waals surface area contributed by atoms with Crippen LogP contribution in [0.5, 0.6) is 40.2 Å². The molecule has 7 aromatic carbocycles. The maximum atomic E-state index is 14.8. The van der Waals surface area contributed by atoms with E-state index in [0.717, 1.165) is 33.4 Å². The molecule has 0 radical (unpaired) electrons. The van der Waals surface area contributed by atoms with Crippen LogP contribution in [0.25, 0.3) is 22.3 Å². The maximum absolute atomic E-state index is 14.8. The van der Waals surface area contributed by atoms with Crippen LogP contribution in [0.4, 0.5) is 9.59 Å². The van der Waals surface area contributed by atoms with Gasteiger partial charge in [0, 0.05) is 132 Å². The number of benzene rings is 7. The molecule has 0 aromatic heterocycles. The van der Waals surface area contributed by atoms with Crippen molar-refractivity contribution in [2.24, 2.45) is 0 Å². The standard InChI is InChI=1S/C52H61N5O11S.C52H61N5O10S/c1-28-19-30-20-37-39(22-53)57-38(43(56(37)6)41(30)46(44(28)63-8)65-26-64-18-17-62-7)21-52(61)42(47-45(66-27-67-47)29(2)48(52)58)40(57)23-54-49(59)36(55-50(60)68-51(3,4)5)25-69-24-35-33-15-11-9-13-31(33)32-14-10-12-16-34(32)35;1-28-19-30-20-38-40(22-53)57-39(44(56(38)6)42(30)48(46(28)62-8)64-26-63-18-17-61-7)21-35-43(49-47(65-27-66-49)29(2)45(35)58)41(57)23-54-50(59)37(55-51(60)67-52(3,4)5)25-68-24-36-33-15-11-9-13-31(33)32-14-10-12-16-34(32)36/h9-16,19,35-40,43,61H,17-18,20-21,23-27H2,1-8H3,(H,54,59)(H,55,60);9-16,19,36-41,44,58H,17-18,20-21,23-27H2,1-8H3,(H,54,59)(H,55,60)/t36-,37-,38?,39-,40-,43-,52?;37-,38-,39?,40-,41-,44-/m00/s1. The molecule has 8 heterocycles. The lowest BCUT2D eigenvalue weighted by atomic mass is 9.64. The number of phenolic OH excluding ortho intramolecular Hbond substituents is 1. The van der Waals surface area contributed by atoms with E-state index in [9.17, 15) is 44.7 Å². The molecule has 18 rings (SSSR count). The van der Waals surface area contributed by atoms with Crippen LogP contribution in [0, 0.1) is 43.4 Å². The van der Waals surface area contributed by atoms with Gasteiger partial charge in [-0.15, -0.1) is 0 Å². The Morgan fingerprint density at radius 3 is 1.42 bits per heavy atom. The van der Waals surface area contributed by atoms with Gasteiger partial charge in [-0.1, -0.05) is 109 Å². The van der Waals surface area contributed by atoms with E-state index in [1.54, 1.807) is 107 Å². The molecule has 0 spiro atoms. The number of nitrogens with zero attached hydrogens (tertiary/aromatic N) is 6. The number of carbonyl (C=O) groups is 5. The number of methoxy groups -OCH3 is 4. The number of carbonyl (C=O) groups excluding carboxylic acids is 5. The molecule has 11 aliphatic rings. The molecule has 0 saturated carbocycles. The van der Waals surface area contributed by atoms with Gasteiger partial charge in [0.05, 0.1) is 77.0 Å². The summed E-state index contributed by atoms with van der Waals surface area (Å²) in [6, 6.07) is 35.2. The van der Waals surface area contributed by atoms with Crippen LogP contribution >= 0.6 is 23.5 Å². The number of Topliss-reactive ketones (excluding diaryl/α,β-unsaturated/α-hetero) is 1. The van der Waals surface area contributed by atoms with Crippen molar-refractivity contribution in [2.45, 2.75) is 196 Å². The van der Waals surface area contributed by atoms with Crippen molar-refractivity contribution in [3.8, 4) is 74.6 Å². The largest absolute Gasteiger partial charge is 0.507 e. The van der Waals surface area contributed by atoms with Crippen LogP contribution < -0.4 is 49.7 Å². The highest BCUT2D eigenvalue weighted by Crippen LogP contribution is 2.61. The van der Waals surface area contributed by atoms with Crippen molar-refractivity contribution < 1.29 is 101 Å². The van der Waals surface area contributed by atoms with E-state index in [-0.39, 0.29) is 117 Å². The Morgan fingerprint density at radius 1 is 0.547 bits per heavy atom. The zero-order valence-electron chi connectivity index (χ0n) is 80.4. The molecule has 7 aromatic rings. The smallest absolute Gasteiger partial charge is 0.408 e. The van der Waals surface area contributed by atoms with E-state index >= 15 is 0 Å². The third kappa shape index (κ3) is 18.4. The number of piperazine rings is 2. The highest BCUT2D eigenvalue weighted by atomic mass is 32.2. The van der Waals surface area contributed by atoms with Crippen molar-refractivity contribution in [3.05, 3.63) is 204 Å². The number of piperidine rings is 1. The Hall–Kier alpha value is -11.3. The molecule has 4 bridgehead atoms. The van der Waals surface area contributed by atoms with Crippen LogP contribution in [0.3, 0.4) is 0 Å². The van der Waals surface area contributed by atoms with E-state index in [0.29, 0.717) is 108 Å². The summed E-state index contributed by atoms with van der Waals surface area (Å²) < 4.78 is 82.4. The fraction of sp³-hybridized carbons (Fsp3) is 0.490. The molecule has 4 amide bonds. The van der Waals surface area contributed by atoms with Gasteiger partial charge in [0.1, 0.15) is 41.1 Å². The fourth-order valence-corrected chi connectivity index (χ4v) is 25.0. The van der Waals surface area contributed by atoms with Gasteiger partial charge in [-0.2, -0.15) is 34.0 Å². The quantitative estimate of drug-likeness (QED) is 0.0180. The Morgan fingerprint density at radius 2 is 0.971 bits per heavy atom. The van der Waals surface area contributed by atoms with Crippen molar-refractivity contribution in [2.75, 3.05) is 132 Å². The number of aromatic hydroxyl groups is 1. The number of ether oxygens (including phenoxy) is 14. The minimum atomic E-state index is -2.12. The summed E-state index contributed by atoms with van der Waals surface area (Å²) >= 11 is 3.13. The zero-order valence-corrected chi connectivity index (χ0v) is 82.0. The van der Waals surface area contributed by atoms with Crippen molar-refractivity contribution in [3.63, 3.8) is 0 Å². The molecule has 726 valence electrons.